The van der Waals surface area contributed by atoms with Gasteiger partial charge in [-0.05, 0) is 76.3 Å². The van der Waals surface area contributed by atoms with Crippen molar-refractivity contribution in [3.63, 3.8) is 0 Å². The number of likely N-dealkylation sites (tertiary alicyclic amines) is 2. The monoisotopic (exact) mass is 425 g/mol. The van der Waals surface area contributed by atoms with E-state index in [2.05, 4.69) is 16.8 Å². The number of hydrogen-bond acceptors (Lipinski definition) is 3. The summed E-state index contributed by atoms with van der Waals surface area (Å²) in [5.41, 5.74) is 0.111. The van der Waals surface area contributed by atoms with E-state index in [1.165, 1.54) is 12.1 Å². The van der Waals surface area contributed by atoms with Crippen LogP contribution in [0.15, 0.2) is 24.3 Å². The van der Waals surface area contributed by atoms with Crippen LogP contribution in [-0.2, 0) is 17.5 Å². The molecule has 2 fully saturated rings. The molecule has 0 aliphatic carbocycles. The predicted octanol–water partition coefficient (Wildman–Crippen LogP) is 4.25. The minimum absolute atomic E-state index is 0.222. The number of benzene rings is 1. The van der Waals surface area contributed by atoms with Crippen molar-refractivity contribution in [2.24, 2.45) is 5.92 Å². The third kappa shape index (κ3) is 6.45. The van der Waals surface area contributed by atoms with Crippen LogP contribution < -0.4 is 0 Å². The van der Waals surface area contributed by atoms with Crippen LogP contribution >= 0.6 is 0 Å². The molecule has 2 heterocycles. The Labute approximate surface area is 178 Å². The molecule has 2 aliphatic heterocycles. The molecule has 168 valence electrons. The molecule has 3 rings (SSSR count). The maximum atomic E-state index is 13.0. The number of amides is 1. The molecule has 0 aromatic heterocycles. The average molecular weight is 426 g/mol. The van der Waals surface area contributed by atoms with Crippen LogP contribution in [0.1, 0.15) is 49.7 Å². The summed E-state index contributed by atoms with van der Waals surface area (Å²) in [6, 6.07) is 5.96. The number of nitrogens with zero attached hydrogens (tertiary/aromatic N) is 3. The molecule has 1 aromatic carbocycles. The molecule has 30 heavy (non-hydrogen) atoms. The Bertz CT molecular complexity index is 701. The lowest BCUT2D eigenvalue weighted by Gasteiger charge is -2.36. The highest BCUT2D eigenvalue weighted by atomic mass is 19.4. The number of halogens is 3. The lowest BCUT2D eigenvalue weighted by Crippen LogP contribution is -2.44. The van der Waals surface area contributed by atoms with E-state index < -0.39 is 11.7 Å². The summed E-state index contributed by atoms with van der Waals surface area (Å²) < 4.78 is 38.9. The first-order valence-electron chi connectivity index (χ1n) is 11.0. The molecule has 0 spiro atoms. The van der Waals surface area contributed by atoms with Crippen molar-refractivity contribution in [1.29, 1.82) is 0 Å². The van der Waals surface area contributed by atoms with E-state index in [-0.39, 0.29) is 5.91 Å². The largest absolute Gasteiger partial charge is 0.416 e. The molecule has 0 bridgehead atoms. The van der Waals surface area contributed by atoms with Crippen molar-refractivity contribution < 1.29 is 18.0 Å². The number of hydrogen-bond donors (Lipinski definition) is 0. The third-order valence-corrected chi connectivity index (χ3v) is 6.66. The van der Waals surface area contributed by atoms with Gasteiger partial charge in [0.2, 0.25) is 5.91 Å². The van der Waals surface area contributed by atoms with Crippen LogP contribution in [0.25, 0.3) is 0 Å². The Morgan fingerprint density at radius 1 is 1.17 bits per heavy atom. The topological polar surface area (TPSA) is 26.8 Å². The van der Waals surface area contributed by atoms with Gasteiger partial charge in [0.15, 0.2) is 0 Å². The second-order valence-electron chi connectivity index (χ2n) is 9.02. The van der Waals surface area contributed by atoms with Crippen LogP contribution in [-0.4, -0.2) is 66.9 Å². The zero-order chi connectivity index (χ0) is 21.7. The van der Waals surface area contributed by atoms with E-state index in [0.717, 1.165) is 64.3 Å². The zero-order valence-corrected chi connectivity index (χ0v) is 18.1. The van der Waals surface area contributed by atoms with Gasteiger partial charge in [0.1, 0.15) is 0 Å². The Morgan fingerprint density at radius 3 is 2.60 bits per heavy atom. The molecule has 0 saturated carbocycles. The third-order valence-electron chi connectivity index (χ3n) is 6.66. The highest BCUT2D eigenvalue weighted by Gasteiger charge is 2.31. The Hall–Kier alpha value is -1.60. The summed E-state index contributed by atoms with van der Waals surface area (Å²) in [6.45, 7) is 4.35. The minimum Gasteiger partial charge on any atom is -0.343 e. The van der Waals surface area contributed by atoms with Gasteiger partial charge in [0, 0.05) is 32.6 Å². The maximum absolute atomic E-state index is 13.0. The molecule has 4 nitrogen and oxygen atoms in total. The van der Waals surface area contributed by atoms with Crippen molar-refractivity contribution in [3.8, 4) is 0 Å². The molecular formula is C23H34F3N3O. The van der Waals surface area contributed by atoms with Gasteiger partial charge in [-0.15, -0.1) is 0 Å². The predicted molar refractivity (Wildman–Crippen MR) is 112 cm³/mol. The molecule has 1 aromatic rings. The van der Waals surface area contributed by atoms with Crippen molar-refractivity contribution in [1.82, 2.24) is 14.7 Å². The Balaban J connectivity index is 1.46. The van der Waals surface area contributed by atoms with Gasteiger partial charge in [-0.1, -0.05) is 18.2 Å². The first kappa shape index (κ1) is 23.1. The summed E-state index contributed by atoms with van der Waals surface area (Å²) in [5, 5.41) is 0. The Morgan fingerprint density at radius 2 is 1.90 bits per heavy atom. The number of piperidine rings is 2. The Kier molecular flexibility index (Phi) is 7.80. The van der Waals surface area contributed by atoms with Crippen molar-refractivity contribution in [3.05, 3.63) is 35.4 Å². The molecule has 0 unspecified atom stereocenters. The SMILES string of the molecule is CN1CCC(N(C)C(=O)CC[C@@H]2CCCN(Cc3cccc(C(F)(F)F)c3)C2)CC1. The van der Waals surface area contributed by atoms with E-state index in [1.807, 2.05) is 11.9 Å². The van der Waals surface area contributed by atoms with Crippen molar-refractivity contribution in [2.45, 2.75) is 57.3 Å². The fourth-order valence-electron chi connectivity index (χ4n) is 4.72. The average Bonchev–Trinajstić information content (AvgIpc) is 2.72. The van der Waals surface area contributed by atoms with Crippen LogP contribution in [0, 0.1) is 5.92 Å². The highest BCUT2D eigenvalue weighted by Crippen LogP contribution is 2.30. The molecule has 0 radical (unpaired) electrons. The number of carbonyl (C=O) groups excluding carboxylic acids is 1. The zero-order valence-electron chi connectivity index (χ0n) is 18.1. The molecule has 1 atom stereocenters. The van der Waals surface area contributed by atoms with Crippen LogP contribution in [0.4, 0.5) is 13.2 Å². The smallest absolute Gasteiger partial charge is 0.343 e. The molecule has 2 saturated heterocycles. The maximum Gasteiger partial charge on any atom is 0.416 e. The minimum atomic E-state index is -4.30. The van der Waals surface area contributed by atoms with Gasteiger partial charge < -0.3 is 9.80 Å². The number of alkyl halides is 3. The van der Waals surface area contributed by atoms with Gasteiger partial charge in [-0.2, -0.15) is 13.2 Å². The molecule has 0 N–H and O–H groups in total. The van der Waals surface area contributed by atoms with Crippen molar-refractivity contribution in [2.75, 3.05) is 40.3 Å². The van der Waals surface area contributed by atoms with Crippen LogP contribution in [0.5, 0.6) is 0 Å². The summed E-state index contributed by atoms with van der Waals surface area (Å²) >= 11 is 0. The number of rotatable bonds is 6. The van der Waals surface area contributed by atoms with E-state index in [1.54, 1.807) is 6.07 Å². The van der Waals surface area contributed by atoms with Gasteiger partial charge >= 0.3 is 6.18 Å². The van der Waals surface area contributed by atoms with Crippen LogP contribution in [0.2, 0.25) is 0 Å². The summed E-state index contributed by atoms with van der Waals surface area (Å²) in [7, 11) is 4.05. The van der Waals surface area contributed by atoms with Gasteiger partial charge in [0.25, 0.3) is 0 Å². The van der Waals surface area contributed by atoms with Gasteiger partial charge in [-0.25, -0.2) is 0 Å². The fourth-order valence-corrected chi connectivity index (χ4v) is 4.72. The van der Waals surface area contributed by atoms with Gasteiger partial charge in [-0.3, -0.25) is 9.69 Å². The first-order chi connectivity index (χ1) is 14.2. The molecular weight excluding hydrogens is 391 g/mol. The standard InChI is InChI=1S/C23H34F3N3O/c1-27-13-10-21(11-14-27)28(2)22(30)9-8-18-6-4-12-29(16-18)17-19-5-3-7-20(15-19)23(24,25)26/h3,5,7,15,18,21H,4,6,8-14,16-17H2,1-2H3/t18-/m0/s1. The number of carbonyl (C=O) groups is 1. The first-order valence-corrected chi connectivity index (χ1v) is 11.0. The quantitative estimate of drug-likeness (QED) is 0.682. The van der Waals surface area contributed by atoms with E-state index in [4.69, 9.17) is 0 Å². The normalized spacial score (nSPS) is 22.2. The highest BCUT2D eigenvalue weighted by molar-refractivity contribution is 5.76. The summed E-state index contributed by atoms with van der Waals surface area (Å²) in [4.78, 5) is 19.1. The lowest BCUT2D eigenvalue weighted by atomic mass is 9.92. The van der Waals surface area contributed by atoms with E-state index in [9.17, 15) is 18.0 Å². The van der Waals surface area contributed by atoms with Gasteiger partial charge in [0.05, 0.1) is 5.56 Å². The van der Waals surface area contributed by atoms with Crippen LogP contribution in [0.3, 0.4) is 0 Å². The molecule has 1 amide bonds. The van der Waals surface area contributed by atoms with Crippen molar-refractivity contribution >= 4 is 5.91 Å². The van der Waals surface area contributed by atoms with E-state index >= 15 is 0 Å². The molecule has 2 aliphatic rings. The fraction of sp³-hybridized carbons (Fsp3) is 0.696. The summed E-state index contributed by atoms with van der Waals surface area (Å²) in [6.07, 6.45) is 1.30. The second-order valence-corrected chi connectivity index (χ2v) is 9.02. The summed E-state index contributed by atoms with van der Waals surface area (Å²) in [5.74, 6) is 0.652. The second kappa shape index (κ2) is 10.1. The van der Waals surface area contributed by atoms with E-state index in [0.29, 0.717) is 30.5 Å². The lowest BCUT2D eigenvalue weighted by molar-refractivity contribution is -0.137. The molecule has 7 heteroatoms.